The highest BCUT2D eigenvalue weighted by Gasteiger charge is 2.11. The van der Waals surface area contributed by atoms with Crippen molar-refractivity contribution in [1.82, 2.24) is 4.98 Å². The van der Waals surface area contributed by atoms with Gasteiger partial charge in [0.15, 0.2) is 5.69 Å². The van der Waals surface area contributed by atoms with Crippen LogP contribution < -0.4 is 0 Å². The fourth-order valence-corrected chi connectivity index (χ4v) is 0.585. The largest absolute Gasteiger partial charge is 0.505 e. The Labute approximate surface area is 60.9 Å². The summed E-state index contributed by atoms with van der Waals surface area (Å²) in [6, 6.07) is 1.81. The van der Waals surface area contributed by atoms with E-state index in [1.54, 1.807) is 0 Å². The molecule has 1 aromatic rings. The van der Waals surface area contributed by atoms with E-state index in [-0.39, 0.29) is 0 Å². The average molecular weight is 157 g/mol. The SMILES string of the molecule is O=C(O)c1nc(F)ccc1O. The molecule has 0 saturated heterocycles. The number of rotatable bonds is 1. The molecule has 1 heterocycles. The number of aromatic carboxylic acids is 1. The highest BCUT2D eigenvalue weighted by molar-refractivity contribution is 5.88. The number of pyridine rings is 1. The Bertz CT molecular complexity index is 300. The van der Waals surface area contributed by atoms with Crippen molar-refractivity contribution in [2.75, 3.05) is 0 Å². The topological polar surface area (TPSA) is 70.4 Å². The fourth-order valence-electron chi connectivity index (χ4n) is 0.585. The normalized spacial score (nSPS) is 9.55. The predicted molar refractivity (Wildman–Crippen MR) is 32.8 cm³/mol. The van der Waals surface area contributed by atoms with Crippen molar-refractivity contribution in [2.45, 2.75) is 0 Å². The van der Waals surface area contributed by atoms with Crippen LogP contribution in [0.25, 0.3) is 0 Å². The Morgan fingerprint density at radius 2 is 2.18 bits per heavy atom. The minimum absolute atomic E-state index is 0.543. The molecule has 1 aromatic heterocycles. The minimum Gasteiger partial charge on any atom is -0.505 e. The molecule has 0 bridgehead atoms. The number of carbonyl (C=O) groups is 1. The lowest BCUT2D eigenvalue weighted by atomic mass is 10.3. The Morgan fingerprint density at radius 1 is 1.55 bits per heavy atom. The van der Waals surface area contributed by atoms with Gasteiger partial charge in [0.1, 0.15) is 5.75 Å². The highest BCUT2D eigenvalue weighted by atomic mass is 19.1. The van der Waals surface area contributed by atoms with Crippen molar-refractivity contribution in [2.24, 2.45) is 0 Å². The summed E-state index contributed by atoms with van der Waals surface area (Å²) >= 11 is 0. The van der Waals surface area contributed by atoms with Crippen LogP contribution in [-0.4, -0.2) is 21.2 Å². The van der Waals surface area contributed by atoms with Gasteiger partial charge in [0.05, 0.1) is 0 Å². The number of nitrogens with zero attached hydrogens (tertiary/aromatic N) is 1. The summed E-state index contributed by atoms with van der Waals surface area (Å²) in [5.74, 6) is -2.93. The fraction of sp³-hybridized carbons (Fsp3) is 0. The molecule has 5 heteroatoms. The van der Waals surface area contributed by atoms with Crippen molar-refractivity contribution in [3.8, 4) is 5.75 Å². The standard InChI is InChI=1S/C6H4FNO3/c7-4-2-1-3(9)5(8-4)6(10)11/h1-2,9H,(H,10,11). The van der Waals surface area contributed by atoms with Gasteiger partial charge in [0.2, 0.25) is 5.95 Å². The van der Waals surface area contributed by atoms with Gasteiger partial charge in [-0.25, -0.2) is 9.78 Å². The maximum Gasteiger partial charge on any atom is 0.358 e. The van der Waals surface area contributed by atoms with Crippen LogP contribution in [0.2, 0.25) is 0 Å². The molecule has 1 rings (SSSR count). The smallest absolute Gasteiger partial charge is 0.358 e. The van der Waals surface area contributed by atoms with Crippen molar-refractivity contribution >= 4 is 5.97 Å². The third-order valence-corrected chi connectivity index (χ3v) is 1.04. The predicted octanol–water partition coefficient (Wildman–Crippen LogP) is 0.624. The van der Waals surface area contributed by atoms with Gasteiger partial charge < -0.3 is 10.2 Å². The molecule has 0 amide bonds. The summed E-state index contributed by atoms with van der Waals surface area (Å²) in [5.41, 5.74) is -0.676. The van der Waals surface area contributed by atoms with E-state index in [4.69, 9.17) is 10.2 Å². The third-order valence-electron chi connectivity index (χ3n) is 1.04. The van der Waals surface area contributed by atoms with E-state index in [1.807, 2.05) is 0 Å². The van der Waals surface area contributed by atoms with Crippen LogP contribution in [0.15, 0.2) is 12.1 Å². The van der Waals surface area contributed by atoms with Crippen LogP contribution in [0.1, 0.15) is 10.5 Å². The number of carboxylic acid groups (broad SMARTS) is 1. The molecule has 4 nitrogen and oxygen atoms in total. The van der Waals surface area contributed by atoms with Gasteiger partial charge in [-0.15, -0.1) is 0 Å². The van der Waals surface area contributed by atoms with Crippen LogP contribution in [0, 0.1) is 5.95 Å². The van der Waals surface area contributed by atoms with E-state index in [9.17, 15) is 9.18 Å². The van der Waals surface area contributed by atoms with Crippen molar-refractivity contribution < 1.29 is 19.4 Å². The second-order valence-corrected chi connectivity index (χ2v) is 1.81. The van der Waals surface area contributed by atoms with E-state index >= 15 is 0 Å². The molecule has 11 heavy (non-hydrogen) atoms. The molecular formula is C6H4FNO3. The molecule has 0 aliphatic rings. The summed E-state index contributed by atoms with van der Waals surface area (Å²) < 4.78 is 12.2. The van der Waals surface area contributed by atoms with Crippen LogP contribution >= 0.6 is 0 Å². The van der Waals surface area contributed by atoms with Crippen molar-refractivity contribution in [3.05, 3.63) is 23.8 Å². The molecule has 0 saturated carbocycles. The molecule has 0 atom stereocenters. The average Bonchev–Trinajstić information content (AvgIpc) is 1.94. The molecule has 0 aliphatic carbocycles. The second-order valence-electron chi connectivity index (χ2n) is 1.81. The van der Waals surface area contributed by atoms with Crippen LogP contribution in [0.5, 0.6) is 5.75 Å². The van der Waals surface area contributed by atoms with Gasteiger partial charge in [-0.2, -0.15) is 4.39 Å². The number of halogens is 1. The molecule has 2 N–H and O–H groups in total. The third kappa shape index (κ3) is 1.43. The zero-order chi connectivity index (χ0) is 8.43. The molecule has 0 fully saturated rings. The van der Waals surface area contributed by atoms with Gasteiger partial charge in [-0.05, 0) is 12.1 Å². The quantitative estimate of drug-likeness (QED) is 0.586. The molecule has 0 spiro atoms. The van der Waals surface area contributed by atoms with Crippen molar-refractivity contribution in [3.63, 3.8) is 0 Å². The molecule has 0 aliphatic heterocycles. The maximum atomic E-state index is 12.2. The first kappa shape index (κ1) is 7.46. The first-order valence-electron chi connectivity index (χ1n) is 2.70. The second kappa shape index (κ2) is 2.53. The van der Waals surface area contributed by atoms with Gasteiger partial charge >= 0.3 is 5.97 Å². The minimum atomic E-state index is -1.46. The van der Waals surface area contributed by atoms with Crippen LogP contribution in [-0.2, 0) is 0 Å². The number of carboxylic acids is 1. The summed E-state index contributed by atoms with van der Waals surface area (Å²) in [7, 11) is 0. The Morgan fingerprint density at radius 3 is 2.64 bits per heavy atom. The lowest BCUT2D eigenvalue weighted by Crippen LogP contribution is -2.01. The van der Waals surface area contributed by atoms with Gasteiger partial charge in [0, 0.05) is 0 Å². The zero-order valence-corrected chi connectivity index (χ0v) is 5.28. The molecule has 0 unspecified atom stereocenters. The van der Waals surface area contributed by atoms with Crippen LogP contribution in [0.3, 0.4) is 0 Å². The van der Waals surface area contributed by atoms with Crippen LogP contribution in [0.4, 0.5) is 4.39 Å². The lowest BCUT2D eigenvalue weighted by molar-refractivity contribution is 0.0685. The summed E-state index contributed by atoms with van der Waals surface area (Å²) in [5, 5.41) is 17.1. The Kier molecular flexibility index (Phi) is 1.72. The Balaban J connectivity index is 3.23. The summed E-state index contributed by atoms with van der Waals surface area (Å²) in [4.78, 5) is 13.1. The van der Waals surface area contributed by atoms with E-state index in [0.717, 1.165) is 12.1 Å². The first-order valence-corrected chi connectivity index (χ1v) is 2.70. The van der Waals surface area contributed by atoms with E-state index in [1.165, 1.54) is 0 Å². The van der Waals surface area contributed by atoms with Crippen molar-refractivity contribution in [1.29, 1.82) is 0 Å². The van der Waals surface area contributed by atoms with Gasteiger partial charge in [0.25, 0.3) is 0 Å². The van der Waals surface area contributed by atoms with E-state index < -0.39 is 23.4 Å². The number of aromatic nitrogens is 1. The summed E-state index contributed by atoms with van der Waals surface area (Å²) in [6.07, 6.45) is 0. The number of hydrogen-bond acceptors (Lipinski definition) is 3. The molecule has 0 radical (unpaired) electrons. The Hall–Kier alpha value is -1.65. The molecule has 58 valence electrons. The maximum absolute atomic E-state index is 12.2. The molecule has 0 aromatic carbocycles. The van der Waals surface area contributed by atoms with Gasteiger partial charge in [-0.1, -0.05) is 0 Å². The lowest BCUT2D eigenvalue weighted by Gasteiger charge is -1.95. The highest BCUT2D eigenvalue weighted by Crippen LogP contribution is 2.13. The van der Waals surface area contributed by atoms with Gasteiger partial charge in [-0.3, -0.25) is 0 Å². The first-order chi connectivity index (χ1) is 5.11. The number of aromatic hydroxyl groups is 1. The van der Waals surface area contributed by atoms with E-state index in [2.05, 4.69) is 4.98 Å². The molecular weight excluding hydrogens is 153 g/mol. The zero-order valence-electron chi connectivity index (χ0n) is 5.28. The van der Waals surface area contributed by atoms with E-state index in [0.29, 0.717) is 0 Å². The number of hydrogen-bond donors (Lipinski definition) is 2. The monoisotopic (exact) mass is 157 g/mol. The summed E-state index contributed by atoms with van der Waals surface area (Å²) in [6.45, 7) is 0.